The third-order valence-electron chi connectivity index (χ3n) is 5.21. The summed E-state index contributed by atoms with van der Waals surface area (Å²) in [6.45, 7) is 1.37. The van der Waals surface area contributed by atoms with Crippen LogP contribution in [0.3, 0.4) is 0 Å². The lowest BCUT2D eigenvalue weighted by Gasteiger charge is -2.43. The molecule has 148 valence electrons. The van der Waals surface area contributed by atoms with Crippen LogP contribution in [0.15, 0.2) is 58.1 Å². The first-order chi connectivity index (χ1) is 13.3. The molecule has 1 fully saturated rings. The Kier molecular flexibility index (Phi) is 6.71. The van der Waals surface area contributed by atoms with E-state index < -0.39 is 0 Å². The van der Waals surface area contributed by atoms with Crippen LogP contribution in [0.1, 0.15) is 30.7 Å². The highest BCUT2D eigenvalue weighted by molar-refractivity contribution is 14.0. The van der Waals surface area contributed by atoms with Crippen LogP contribution in [-0.2, 0) is 12.0 Å². The van der Waals surface area contributed by atoms with Crippen molar-refractivity contribution in [3.8, 4) is 11.6 Å². The molecule has 1 aliphatic rings. The molecular formula is C20H25IN6O. The van der Waals surface area contributed by atoms with Gasteiger partial charge in [-0.1, -0.05) is 36.8 Å². The van der Waals surface area contributed by atoms with Crippen molar-refractivity contribution in [1.29, 1.82) is 0 Å². The molecule has 0 unspecified atom stereocenters. The number of furan rings is 1. The molecule has 28 heavy (non-hydrogen) atoms. The third-order valence-corrected chi connectivity index (χ3v) is 5.21. The molecule has 3 aromatic rings. The molecule has 0 saturated heterocycles. The fourth-order valence-electron chi connectivity index (χ4n) is 3.49. The van der Waals surface area contributed by atoms with Gasteiger partial charge in [-0.05, 0) is 30.5 Å². The third kappa shape index (κ3) is 4.37. The van der Waals surface area contributed by atoms with Gasteiger partial charge in [0.15, 0.2) is 11.7 Å². The van der Waals surface area contributed by atoms with Gasteiger partial charge in [-0.2, -0.15) is 0 Å². The van der Waals surface area contributed by atoms with Crippen LogP contribution in [0, 0.1) is 0 Å². The molecule has 0 atom stereocenters. The molecule has 3 N–H and O–H groups in total. The Balaban J connectivity index is 0.00000225. The molecule has 2 aromatic heterocycles. The zero-order chi connectivity index (χ0) is 18.5. The summed E-state index contributed by atoms with van der Waals surface area (Å²) in [5, 5.41) is 13.9. The van der Waals surface area contributed by atoms with E-state index >= 15 is 0 Å². The minimum absolute atomic E-state index is 0. The molecule has 0 amide bonds. The number of hydrogen-bond donors (Lipinski definition) is 3. The maximum atomic E-state index is 5.31. The second-order valence-corrected chi connectivity index (χ2v) is 6.86. The van der Waals surface area contributed by atoms with Gasteiger partial charge in [0.25, 0.3) is 0 Å². The smallest absolute Gasteiger partial charge is 0.216 e. The van der Waals surface area contributed by atoms with Gasteiger partial charge >= 0.3 is 0 Å². The lowest BCUT2D eigenvalue weighted by molar-refractivity contribution is 0.244. The predicted octanol–water partition coefficient (Wildman–Crippen LogP) is 3.47. The Morgan fingerprint density at radius 2 is 2.00 bits per heavy atom. The van der Waals surface area contributed by atoms with Crippen molar-refractivity contribution < 1.29 is 4.42 Å². The first-order valence-electron chi connectivity index (χ1n) is 9.24. The Morgan fingerprint density at radius 1 is 1.18 bits per heavy atom. The van der Waals surface area contributed by atoms with Crippen LogP contribution in [0.2, 0.25) is 0 Å². The highest BCUT2D eigenvalue weighted by Crippen LogP contribution is 2.43. The number of aromatic amines is 1. The quantitative estimate of drug-likeness (QED) is 0.279. The molecular weight excluding hydrogens is 467 g/mol. The summed E-state index contributed by atoms with van der Waals surface area (Å²) >= 11 is 0. The van der Waals surface area contributed by atoms with Gasteiger partial charge in [-0.15, -0.1) is 29.1 Å². The monoisotopic (exact) mass is 492 g/mol. The molecule has 4 rings (SSSR count). The van der Waals surface area contributed by atoms with Crippen LogP contribution < -0.4 is 10.6 Å². The minimum Gasteiger partial charge on any atom is -0.461 e. The van der Waals surface area contributed by atoms with Crippen LogP contribution in [0.4, 0.5) is 0 Å². The summed E-state index contributed by atoms with van der Waals surface area (Å²) in [5.74, 6) is 2.69. The molecule has 2 heterocycles. The number of benzene rings is 1. The van der Waals surface area contributed by atoms with Crippen LogP contribution in [-0.4, -0.2) is 34.7 Å². The molecule has 1 aromatic carbocycles. The van der Waals surface area contributed by atoms with Crippen molar-refractivity contribution in [1.82, 2.24) is 25.8 Å². The standard InChI is InChI=1S/C20H24N6O.HI/c1-21-19(22-13-17-24-18(26-25-17)16-9-5-12-27-16)23-14-20(10-6-11-20)15-7-3-2-4-8-15;/h2-5,7-9,12H,6,10-11,13-14H2,1H3,(H2,21,22,23)(H,24,25,26);1H. The van der Waals surface area contributed by atoms with E-state index in [2.05, 4.69) is 61.1 Å². The Morgan fingerprint density at radius 3 is 2.64 bits per heavy atom. The van der Waals surface area contributed by atoms with E-state index in [0.717, 1.165) is 18.3 Å². The van der Waals surface area contributed by atoms with Crippen LogP contribution in [0.25, 0.3) is 11.6 Å². The second-order valence-electron chi connectivity index (χ2n) is 6.86. The van der Waals surface area contributed by atoms with Crippen molar-refractivity contribution in [3.05, 3.63) is 60.1 Å². The zero-order valence-corrected chi connectivity index (χ0v) is 18.1. The fraction of sp³-hybridized carbons (Fsp3) is 0.350. The number of rotatable bonds is 6. The van der Waals surface area contributed by atoms with Crippen LogP contribution >= 0.6 is 24.0 Å². The average molecular weight is 492 g/mol. The van der Waals surface area contributed by atoms with Gasteiger partial charge in [-0.3, -0.25) is 10.1 Å². The van der Waals surface area contributed by atoms with E-state index in [1.54, 1.807) is 13.3 Å². The molecule has 8 heteroatoms. The maximum absolute atomic E-state index is 5.31. The molecule has 0 aliphatic heterocycles. The molecule has 0 bridgehead atoms. The van der Waals surface area contributed by atoms with Crippen molar-refractivity contribution in [2.45, 2.75) is 31.2 Å². The number of H-pyrrole nitrogens is 1. The molecule has 1 aliphatic carbocycles. The van der Waals surface area contributed by atoms with Crippen molar-refractivity contribution in [3.63, 3.8) is 0 Å². The number of nitrogens with zero attached hydrogens (tertiary/aromatic N) is 3. The average Bonchev–Trinajstić information content (AvgIpc) is 3.35. The Bertz CT molecular complexity index is 887. The van der Waals surface area contributed by atoms with E-state index in [-0.39, 0.29) is 29.4 Å². The van der Waals surface area contributed by atoms with Gasteiger partial charge in [0, 0.05) is 19.0 Å². The highest BCUT2D eigenvalue weighted by Gasteiger charge is 2.38. The van der Waals surface area contributed by atoms with Crippen molar-refractivity contribution in [2.24, 2.45) is 4.99 Å². The van der Waals surface area contributed by atoms with Gasteiger partial charge in [-0.25, -0.2) is 4.98 Å². The number of guanidine groups is 1. The predicted molar refractivity (Wildman–Crippen MR) is 120 cm³/mol. The summed E-state index contributed by atoms with van der Waals surface area (Å²) in [6, 6.07) is 14.4. The van der Waals surface area contributed by atoms with E-state index in [0.29, 0.717) is 18.1 Å². The highest BCUT2D eigenvalue weighted by atomic mass is 127. The number of nitrogens with one attached hydrogen (secondary N) is 3. The Hall–Kier alpha value is -2.36. The van der Waals surface area contributed by atoms with E-state index in [1.165, 1.54) is 24.8 Å². The molecule has 1 saturated carbocycles. The van der Waals surface area contributed by atoms with Crippen LogP contribution in [0.5, 0.6) is 0 Å². The lowest BCUT2D eigenvalue weighted by atomic mass is 9.64. The largest absolute Gasteiger partial charge is 0.461 e. The molecule has 7 nitrogen and oxygen atoms in total. The second kappa shape index (κ2) is 9.22. The van der Waals surface area contributed by atoms with E-state index in [1.807, 2.05) is 12.1 Å². The molecule has 0 spiro atoms. The summed E-state index contributed by atoms with van der Waals surface area (Å²) in [5.41, 5.74) is 1.61. The Labute approximate surface area is 181 Å². The first kappa shape index (κ1) is 20.4. The van der Waals surface area contributed by atoms with Gasteiger partial charge < -0.3 is 15.1 Å². The zero-order valence-electron chi connectivity index (χ0n) is 15.8. The first-order valence-corrected chi connectivity index (χ1v) is 9.24. The van der Waals surface area contributed by atoms with Gasteiger partial charge in [0.1, 0.15) is 5.82 Å². The number of halogens is 1. The summed E-state index contributed by atoms with van der Waals surface area (Å²) in [7, 11) is 1.78. The summed E-state index contributed by atoms with van der Waals surface area (Å²) in [6.07, 6.45) is 5.29. The normalized spacial score (nSPS) is 15.4. The number of aromatic nitrogens is 3. The minimum atomic E-state index is 0. The number of hydrogen-bond acceptors (Lipinski definition) is 4. The summed E-state index contributed by atoms with van der Waals surface area (Å²) in [4.78, 5) is 8.77. The lowest BCUT2D eigenvalue weighted by Crippen LogP contribution is -2.48. The van der Waals surface area contributed by atoms with Crippen molar-refractivity contribution in [2.75, 3.05) is 13.6 Å². The van der Waals surface area contributed by atoms with Gasteiger partial charge in [0.2, 0.25) is 5.82 Å². The van der Waals surface area contributed by atoms with Gasteiger partial charge in [0.05, 0.1) is 12.8 Å². The summed E-state index contributed by atoms with van der Waals surface area (Å²) < 4.78 is 5.31. The van der Waals surface area contributed by atoms with E-state index in [9.17, 15) is 0 Å². The topological polar surface area (TPSA) is 91.1 Å². The van der Waals surface area contributed by atoms with Crippen molar-refractivity contribution >= 4 is 29.9 Å². The number of aliphatic imine (C=N–C) groups is 1. The van der Waals surface area contributed by atoms with E-state index in [4.69, 9.17) is 4.42 Å². The maximum Gasteiger partial charge on any atom is 0.216 e. The fourth-order valence-corrected chi connectivity index (χ4v) is 3.49. The SMILES string of the molecule is CN=C(NCc1nc(-c2ccco2)n[nH]1)NCC1(c2ccccc2)CCC1.I. The molecule has 0 radical (unpaired) electrons.